The van der Waals surface area contributed by atoms with Gasteiger partial charge in [0.15, 0.2) is 0 Å². The van der Waals surface area contributed by atoms with E-state index in [1.54, 1.807) is 12.1 Å². The zero-order valence-electron chi connectivity index (χ0n) is 11.8. The van der Waals surface area contributed by atoms with Crippen LogP contribution < -0.4 is 10.5 Å². The zero-order valence-corrected chi connectivity index (χ0v) is 11.8. The van der Waals surface area contributed by atoms with Gasteiger partial charge in [-0.1, -0.05) is 30.3 Å². The lowest BCUT2D eigenvalue weighted by atomic mass is 10.1. The predicted octanol–water partition coefficient (Wildman–Crippen LogP) is 2.93. The van der Waals surface area contributed by atoms with E-state index in [0.717, 1.165) is 0 Å². The normalized spacial score (nSPS) is 10.6. The van der Waals surface area contributed by atoms with E-state index in [2.05, 4.69) is 5.10 Å². The Morgan fingerprint density at radius 3 is 2.13 bits per heavy atom. The zero-order chi connectivity index (χ0) is 16.4. The smallest absolute Gasteiger partial charge is 0.141 e. The standard InChI is InChI=1S/C15H12N4O4/c20-18(21)13-8-6-12(7-9-13)17-10-14(19(22)23)15(16-17)11-4-2-1-3-5-11/h1-10,22-23H/q-2. The number of nitrogens with zero attached hydrogens (tertiary/aromatic N) is 4. The van der Waals surface area contributed by atoms with E-state index >= 15 is 0 Å². The minimum absolute atomic E-state index is 0.00275. The Labute approximate surface area is 131 Å². The van der Waals surface area contributed by atoms with Crippen molar-refractivity contribution in [2.75, 3.05) is 10.5 Å². The average molecular weight is 312 g/mol. The van der Waals surface area contributed by atoms with Crippen LogP contribution in [0.1, 0.15) is 0 Å². The quantitative estimate of drug-likeness (QED) is 0.712. The number of aromatic nitrogens is 2. The van der Waals surface area contributed by atoms with Gasteiger partial charge in [-0.25, -0.2) is 4.68 Å². The summed E-state index contributed by atoms with van der Waals surface area (Å²) >= 11 is 0. The van der Waals surface area contributed by atoms with Crippen molar-refractivity contribution < 1.29 is 10.4 Å². The molecule has 0 saturated carbocycles. The van der Waals surface area contributed by atoms with Crippen LogP contribution in [-0.4, -0.2) is 20.2 Å². The van der Waals surface area contributed by atoms with Gasteiger partial charge in [-0.2, -0.15) is 5.10 Å². The first-order valence-corrected chi connectivity index (χ1v) is 6.64. The molecule has 0 bridgehead atoms. The van der Waals surface area contributed by atoms with Gasteiger partial charge >= 0.3 is 0 Å². The van der Waals surface area contributed by atoms with Crippen LogP contribution in [0.15, 0.2) is 60.8 Å². The lowest BCUT2D eigenvalue weighted by Crippen LogP contribution is -2.11. The number of rotatable bonds is 4. The lowest BCUT2D eigenvalue weighted by molar-refractivity contribution is 0.0294. The summed E-state index contributed by atoms with van der Waals surface area (Å²) in [7, 11) is 0. The number of benzene rings is 2. The Morgan fingerprint density at radius 2 is 1.57 bits per heavy atom. The van der Waals surface area contributed by atoms with E-state index in [-0.39, 0.29) is 16.6 Å². The summed E-state index contributed by atoms with van der Waals surface area (Å²) in [6, 6.07) is 14.8. The van der Waals surface area contributed by atoms with Crippen molar-refractivity contribution in [1.29, 1.82) is 0 Å². The molecule has 0 aliphatic heterocycles. The van der Waals surface area contributed by atoms with Crippen LogP contribution in [-0.2, 0) is 0 Å². The van der Waals surface area contributed by atoms with Gasteiger partial charge in [0.25, 0.3) is 0 Å². The van der Waals surface area contributed by atoms with Crippen molar-refractivity contribution >= 4 is 11.4 Å². The fourth-order valence-corrected chi connectivity index (χ4v) is 2.17. The van der Waals surface area contributed by atoms with E-state index in [0.29, 0.717) is 16.9 Å². The summed E-state index contributed by atoms with van der Waals surface area (Å²) in [6.45, 7) is 0. The molecule has 0 radical (unpaired) electrons. The van der Waals surface area contributed by atoms with Crippen LogP contribution in [0.5, 0.6) is 0 Å². The van der Waals surface area contributed by atoms with Crippen LogP contribution in [0.3, 0.4) is 0 Å². The highest BCUT2D eigenvalue weighted by atomic mass is 16.8. The second kappa shape index (κ2) is 6.07. The molecule has 0 aliphatic rings. The summed E-state index contributed by atoms with van der Waals surface area (Å²) in [4.78, 5) is 0. The SMILES string of the molecule is [O-]N([O-])c1ccc(-n2cc(N(O)O)c(-c3ccccc3)n2)cc1. The molecule has 0 fully saturated rings. The predicted molar refractivity (Wildman–Crippen MR) is 84.3 cm³/mol. The Kier molecular flexibility index (Phi) is 3.96. The number of hydrogen-bond donors (Lipinski definition) is 2. The molecule has 3 rings (SSSR count). The van der Waals surface area contributed by atoms with E-state index in [4.69, 9.17) is 0 Å². The van der Waals surface area contributed by atoms with Gasteiger partial charge < -0.3 is 15.6 Å². The fourth-order valence-electron chi connectivity index (χ4n) is 2.17. The molecule has 118 valence electrons. The Morgan fingerprint density at radius 1 is 0.913 bits per heavy atom. The van der Waals surface area contributed by atoms with Crippen molar-refractivity contribution in [2.45, 2.75) is 0 Å². The lowest BCUT2D eigenvalue weighted by Gasteiger charge is -2.37. The van der Waals surface area contributed by atoms with Crippen LogP contribution in [0.4, 0.5) is 11.4 Å². The highest BCUT2D eigenvalue weighted by Gasteiger charge is 2.16. The van der Waals surface area contributed by atoms with Crippen molar-refractivity contribution in [1.82, 2.24) is 9.78 Å². The van der Waals surface area contributed by atoms with Crippen molar-refractivity contribution in [2.24, 2.45) is 0 Å². The average Bonchev–Trinajstić information content (AvgIpc) is 3.01. The number of anilines is 2. The molecule has 0 atom stereocenters. The summed E-state index contributed by atoms with van der Waals surface area (Å²) in [5.74, 6) is 0. The van der Waals surface area contributed by atoms with Gasteiger partial charge in [0.05, 0.1) is 11.9 Å². The number of hydrogen-bond acceptors (Lipinski definition) is 7. The molecule has 2 aromatic carbocycles. The molecule has 0 saturated heterocycles. The molecular formula is C15H12N4O4-2. The maximum absolute atomic E-state index is 10.7. The molecule has 0 aliphatic carbocycles. The van der Waals surface area contributed by atoms with Crippen LogP contribution in [0, 0.1) is 10.4 Å². The van der Waals surface area contributed by atoms with E-state index < -0.39 is 5.23 Å². The van der Waals surface area contributed by atoms with Gasteiger partial charge in [-0.15, -0.1) is 5.23 Å². The minimum Gasteiger partial charge on any atom is -0.769 e. The van der Waals surface area contributed by atoms with Crippen LogP contribution in [0.2, 0.25) is 0 Å². The molecule has 2 N–H and O–H groups in total. The second-order valence-electron chi connectivity index (χ2n) is 4.74. The molecular weight excluding hydrogens is 300 g/mol. The third-order valence-electron chi connectivity index (χ3n) is 3.28. The minimum atomic E-state index is -0.489. The molecule has 0 unspecified atom stereocenters. The van der Waals surface area contributed by atoms with Gasteiger partial charge in [0.1, 0.15) is 11.4 Å². The van der Waals surface area contributed by atoms with E-state index in [9.17, 15) is 20.8 Å². The summed E-state index contributed by atoms with van der Waals surface area (Å²) in [5, 5.41) is 44.0. The fraction of sp³-hybridized carbons (Fsp3) is 0. The first-order valence-electron chi connectivity index (χ1n) is 6.64. The molecule has 8 heteroatoms. The molecule has 3 aromatic rings. The summed E-state index contributed by atoms with van der Waals surface area (Å²) < 4.78 is 1.42. The molecule has 1 heterocycles. The van der Waals surface area contributed by atoms with E-state index in [1.165, 1.54) is 35.1 Å². The monoisotopic (exact) mass is 312 g/mol. The maximum Gasteiger partial charge on any atom is 0.141 e. The summed E-state index contributed by atoms with van der Waals surface area (Å²) in [5.41, 5.74) is 1.69. The molecule has 23 heavy (non-hydrogen) atoms. The topological polar surface area (TPSA) is 111 Å². The third kappa shape index (κ3) is 3.00. The van der Waals surface area contributed by atoms with Gasteiger partial charge in [0, 0.05) is 11.3 Å². The molecule has 0 amide bonds. The highest BCUT2D eigenvalue weighted by Crippen LogP contribution is 2.29. The van der Waals surface area contributed by atoms with Crippen LogP contribution >= 0.6 is 0 Å². The Balaban J connectivity index is 2.04. The maximum atomic E-state index is 10.7. The molecule has 0 spiro atoms. The van der Waals surface area contributed by atoms with Gasteiger partial charge in [-0.05, 0) is 24.3 Å². The Bertz CT molecular complexity index is 785. The second-order valence-corrected chi connectivity index (χ2v) is 4.74. The molecule has 1 aromatic heterocycles. The Hall–Kier alpha value is -2.91. The molecule has 8 nitrogen and oxygen atoms in total. The first kappa shape index (κ1) is 15.0. The summed E-state index contributed by atoms with van der Waals surface area (Å²) in [6.07, 6.45) is 1.42. The largest absolute Gasteiger partial charge is 0.769 e. The van der Waals surface area contributed by atoms with Crippen molar-refractivity contribution in [3.05, 3.63) is 71.2 Å². The highest BCUT2D eigenvalue weighted by molar-refractivity contribution is 5.73. The van der Waals surface area contributed by atoms with Crippen LogP contribution in [0.25, 0.3) is 16.9 Å². The van der Waals surface area contributed by atoms with Gasteiger partial charge in [-0.3, -0.25) is 10.4 Å². The third-order valence-corrected chi connectivity index (χ3v) is 3.28. The van der Waals surface area contributed by atoms with Gasteiger partial charge in [0.2, 0.25) is 0 Å². The first-order chi connectivity index (χ1) is 11.1. The van der Waals surface area contributed by atoms with Crippen molar-refractivity contribution in [3.63, 3.8) is 0 Å². The van der Waals surface area contributed by atoms with Crippen molar-refractivity contribution in [3.8, 4) is 16.9 Å². The van der Waals surface area contributed by atoms with E-state index in [1.807, 2.05) is 18.2 Å².